The molecule has 2 heterocycles. The van der Waals surface area contributed by atoms with E-state index < -0.39 is 5.97 Å². The maximum atomic E-state index is 12.3. The van der Waals surface area contributed by atoms with Crippen molar-refractivity contribution in [3.63, 3.8) is 0 Å². The summed E-state index contributed by atoms with van der Waals surface area (Å²) in [5.74, 6) is -0.970. The lowest BCUT2D eigenvalue weighted by Crippen LogP contribution is -2.35. The van der Waals surface area contributed by atoms with Crippen molar-refractivity contribution in [2.45, 2.75) is 46.1 Å². The minimum absolute atomic E-state index is 0.0226. The van der Waals surface area contributed by atoms with Gasteiger partial charge in [-0.3, -0.25) is 9.48 Å². The van der Waals surface area contributed by atoms with Gasteiger partial charge in [-0.05, 0) is 26.7 Å². The van der Waals surface area contributed by atoms with Crippen molar-refractivity contribution in [2.24, 2.45) is 0 Å². The average molecular weight is 279 g/mol. The second-order valence-electron chi connectivity index (χ2n) is 5.30. The van der Waals surface area contributed by atoms with E-state index in [2.05, 4.69) is 5.10 Å². The molecule has 0 aromatic carbocycles. The Kier molecular flexibility index (Phi) is 4.42. The van der Waals surface area contributed by atoms with Gasteiger partial charge < -0.3 is 10.0 Å². The van der Waals surface area contributed by atoms with E-state index in [1.165, 1.54) is 17.5 Å². The van der Waals surface area contributed by atoms with Gasteiger partial charge in [0.05, 0.1) is 11.4 Å². The molecule has 6 nitrogen and oxygen atoms in total. The number of amides is 1. The number of carbonyl (C=O) groups is 2. The summed E-state index contributed by atoms with van der Waals surface area (Å²) in [6, 6.07) is 0. The first-order valence-electron chi connectivity index (χ1n) is 7.05. The van der Waals surface area contributed by atoms with E-state index in [0.717, 1.165) is 25.9 Å². The third kappa shape index (κ3) is 3.00. The van der Waals surface area contributed by atoms with Crippen LogP contribution in [-0.4, -0.2) is 44.8 Å². The Bertz CT molecular complexity index is 514. The minimum Gasteiger partial charge on any atom is -0.478 e. The van der Waals surface area contributed by atoms with Gasteiger partial charge in [-0.2, -0.15) is 5.10 Å². The quantitative estimate of drug-likeness (QED) is 0.912. The molecule has 0 bridgehead atoms. The largest absolute Gasteiger partial charge is 0.478 e. The number of nitrogens with zero attached hydrogens (tertiary/aromatic N) is 3. The van der Waals surface area contributed by atoms with Crippen LogP contribution in [-0.2, 0) is 11.3 Å². The summed E-state index contributed by atoms with van der Waals surface area (Å²) in [6.07, 6.45) is 4.44. The highest BCUT2D eigenvalue weighted by molar-refractivity contribution is 5.90. The number of carbonyl (C=O) groups excluding carboxylic acids is 1. The summed E-state index contributed by atoms with van der Waals surface area (Å²) in [5.41, 5.74) is 1.20. The number of carboxylic acids is 1. The molecule has 1 fully saturated rings. The third-order valence-electron chi connectivity index (χ3n) is 3.84. The van der Waals surface area contributed by atoms with Gasteiger partial charge in [0, 0.05) is 13.1 Å². The number of aromatic carboxylic acids is 1. The fraction of sp³-hybridized carbons (Fsp3) is 0.643. The van der Waals surface area contributed by atoms with Gasteiger partial charge in [0.2, 0.25) is 5.91 Å². The van der Waals surface area contributed by atoms with Gasteiger partial charge in [0.25, 0.3) is 0 Å². The first-order chi connectivity index (χ1) is 9.50. The van der Waals surface area contributed by atoms with Crippen molar-refractivity contribution in [1.82, 2.24) is 14.7 Å². The standard InChI is InChI=1S/C14H21N3O3/c1-10-13(14(19)20)11(2)17(15-10)9-12(18)16-7-5-3-4-6-8-16/h3-9H2,1-2H3,(H,19,20). The molecule has 1 amide bonds. The number of hydrogen-bond donors (Lipinski definition) is 1. The monoisotopic (exact) mass is 279 g/mol. The molecule has 0 aliphatic carbocycles. The molecule has 6 heteroatoms. The zero-order chi connectivity index (χ0) is 14.7. The van der Waals surface area contributed by atoms with Crippen LogP contribution in [0.25, 0.3) is 0 Å². The first kappa shape index (κ1) is 14.6. The topological polar surface area (TPSA) is 75.4 Å². The number of likely N-dealkylation sites (tertiary alicyclic amines) is 1. The normalized spacial score (nSPS) is 16.0. The van der Waals surface area contributed by atoms with E-state index >= 15 is 0 Å². The van der Waals surface area contributed by atoms with E-state index in [1.54, 1.807) is 13.8 Å². The fourth-order valence-corrected chi connectivity index (χ4v) is 2.71. The van der Waals surface area contributed by atoms with Crippen LogP contribution in [0, 0.1) is 13.8 Å². The predicted molar refractivity (Wildman–Crippen MR) is 73.7 cm³/mol. The van der Waals surface area contributed by atoms with Crippen LogP contribution < -0.4 is 0 Å². The molecule has 110 valence electrons. The third-order valence-corrected chi connectivity index (χ3v) is 3.84. The van der Waals surface area contributed by atoms with Crippen molar-refractivity contribution in [3.05, 3.63) is 17.0 Å². The Hall–Kier alpha value is -1.85. The van der Waals surface area contributed by atoms with Gasteiger partial charge >= 0.3 is 5.97 Å². The van der Waals surface area contributed by atoms with Crippen LogP contribution in [0.1, 0.15) is 47.4 Å². The van der Waals surface area contributed by atoms with Gasteiger partial charge in [0.1, 0.15) is 12.1 Å². The lowest BCUT2D eigenvalue weighted by Gasteiger charge is -2.20. The summed E-state index contributed by atoms with van der Waals surface area (Å²) in [5, 5.41) is 13.3. The highest BCUT2D eigenvalue weighted by Crippen LogP contribution is 2.14. The maximum Gasteiger partial charge on any atom is 0.339 e. The average Bonchev–Trinajstić information content (AvgIpc) is 2.60. The molecule has 1 N–H and O–H groups in total. The maximum absolute atomic E-state index is 12.3. The Morgan fingerprint density at radius 2 is 1.75 bits per heavy atom. The van der Waals surface area contributed by atoms with Crippen molar-refractivity contribution < 1.29 is 14.7 Å². The molecule has 1 aromatic heterocycles. The fourth-order valence-electron chi connectivity index (χ4n) is 2.71. The van der Waals surface area contributed by atoms with Crippen LogP contribution in [0.2, 0.25) is 0 Å². The minimum atomic E-state index is -0.992. The van der Waals surface area contributed by atoms with E-state index in [1.807, 2.05) is 4.90 Å². The van der Waals surface area contributed by atoms with Crippen LogP contribution in [0.5, 0.6) is 0 Å². The summed E-state index contributed by atoms with van der Waals surface area (Å²) in [4.78, 5) is 25.3. The molecule has 0 saturated carbocycles. The van der Waals surface area contributed by atoms with Crippen molar-refractivity contribution >= 4 is 11.9 Å². The highest BCUT2D eigenvalue weighted by Gasteiger charge is 2.21. The van der Waals surface area contributed by atoms with Crippen molar-refractivity contribution in [1.29, 1.82) is 0 Å². The number of rotatable bonds is 3. The van der Waals surface area contributed by atoms with Crippen LogP contribution in [0.4, 0.5) is 0 Å². The van der Waals surface area contributed by atoms with Crippen molar-refractivity contribution in [3.8, 4) is 0 Å². The molecule has 2 rings (SSSR count). The molecule has 1 aliphatic heterocycles. The lowest BCUT2D eigenvalue weighted by molar-refractivity contribution is -0.132. The lowest BCUT2D eigenvalue weighted by atomic mass is 10.2. The second-order valence-corrected chi connectivity index (χ2v) is 5.30. The summed E-state index contributed by atoms with van der Waals surface area (Å²) < 4.78 is 1.51. The van der Waals surface area contributed by atoms with E-state index in [0.29, 0.717) is 11.4 Å². The van der Waals surface area contributed by atoms with Gasteiger partial charge in [-0.1, -0.05) is 12.8 Å². The molecule has 0 unspecified atom stereocenters. The van der Waals surface area contributed by atoms with Crippen molar-refractivity contribution in [2.75, 3.05) is 13.1 Å². The molecule has 0 radical (unpaired) electrons. The molecule has 1 saturated heterocycles. The molecule has 1 aliphatic rings. The zero-order valence-corrected chi connectivity index (χ0v) is 12.1. The van der Waals surface area contributed by atoms with Gasteiger partial charge in [-0.15, -0.1) is 0 Å². The van der Waals surface area contributed by atoms with Crippen LogP contribution >= 0.6 is 0 Å². The van der Waals surface area contributed by atoms with E-state index in [-0.39, 0.29) is 18.0 Å². The number of aryl methyl sites for hydroxylation is 1. The number of aromatic nitrogens is 2. The Morgan fingerprint density at radius 3 is 2.25 bits per heavy atom. The molecule has 0 spiro atoms. The van der Waals surface area contributed by atoms with Gasteiger partial charge in [0.15, 0.2) is 0 Å². The van der Waals surface area contributed by atoms with Crippen LogP contribution in [0.15, 0.2) is 0 Å². The predicted octanol–water partition coefficient (Wildman–Crippen LogP) is 1.60. The highest BCUT2D eigenvalue weighted by atomic mass is 16.4. The zero-order valence-electron chi connectivity index (χ0n) is 12.1. The van der Waals surface area contributed by atoms with E-state index in [4.69, 9.17) is 5.11 Å². The summed E-state index contributed by atoms with van der Waals surface area (Å²) in [6.45, 7) is 5.07. The molecular weight excluding hydrogens is 258 g/mol. The molecule has 1 aromatic rings. The molecule has 0 atom stereocenters. The van der Waals surface area contributed by atoms with E-state index in [9.17, 15) is 9.59 Å². The Morgan fingerprint density at radius 1 is 1.15 bits per heavy atom. The first-order valence-corrected chi connectivity index (χ1v) is 7.05. The SMILES string of the molecule is Cc1nn(CC(=O)N2CCCCCC2)c(C)c1C(=O)O. The molecule has 20 heavy (non-hydrogen) atoms. The smallest absolute Gasteiger partial charge is 0.339 e. The molecular formula is C14H21N3O3. The Labute approximate surface area is 118 Å². The van der Waals surface area contributed by atoms with Gasteiger partial charge in [-0.25, -0.2) is 4.79 Å². The second kappa shape index (κ2) is 6.07. The summed E-state index contributed by atoms with van der Waals surface area (Å²) >= 11 is 0. The Balaban J connectivity index is 2.11. The summed E-state index contributed by atoms with van der Waals surface area (Å²) in [7, 11) is 0. The number of hydrogen-bond acceptors (Lipinski definition) is 3. The van der Waals surface area contributed by atoms with Crippen LogP contribution in [0.3, 0.4) is 0 Å². The number of carboxylic acid groups (broad SMARTS) is 1.